The first-order chi connectivity index (χ1) is 6.33. The van der Waals surface area contributed by atoms with Crippen molar-refractivity contribution in [3.63, 3.8) is 0 Å². The van der Waals surface area contributed by atoms with Crippen molar-refractivity contribution < 1.29 is 5.11 Å². The number of aliphatic hydroxyl groups is 1. The van der Waals surface area contributed by atoms with Gasteiger partial charge in [0.15, 0.2) is 0 Å². The van der Waals surface area contributed by atoms with E-state index in [1.165, 1.54) is 5.56 Å². The summed E-state index contributed by atoms with van der Waals surface area (Å²) >= 11 is 0. The molecule has 13 heavy (non-hydrogen) atoms. The summed E-state index contributed by atoms with van der Waals surface area (Å²) < 4.78 is 0. The highest BCUT2D eigenvalue weighted by molar-refractivity contribution is 5.14. The molecule has 1 aromatic rings. The van der Waals surface area contributed by atoms with Gasteiger partial charge in [-0.3, -0.25) is 0 Å². The molecule has 0 fully saturated rings. The minimum absolute atomic E-state index is 0.301. The van der Waals surface area contributed by atoms with Crippen LogP contribution in [0.4, 0.5) is 0 Å². The fraction of sp³-hybridized carbons (Fsp3) is 0.333. The molecule has 0 radical (unpaired) electrons. The molecule has 1 nitrogen and oxygen atoms in total. The van der Waals surface area contributed by atoms with E-state index in [1.807, 2.05) is 37.3 Å². The molecule has 0 aliphatic rings. The smallest absolute Gasteiger partial charge is 0.0724 e. The standard InChI is InChI=1S/C12H16O/c1-2-6-12(13)10-9-11-7-4-3-5-8-11/h2-8,12-13H,9-10H2,1H3/b6-2+. The number of benzene rings is 1. The molecule has 70 valence electrons. The van der Waals surface area contributed by atoms with Gasteiger partial charge in [0, 0.05) is 0 Å². The van der Waals surface area contributed by atoms with Crippen LogP contribution in [0.2, 0.25) is 0 Å². The molecule has 0 saturated carbocycles. The molecular weight excluding hydrogens is 160 g/mol. The molecule has 1 atom stereocenters. The van der Waals surface area contributed by atoms with E-state index in [0.717, 1.165) is 12.8 Å². The largest absolute Gasteiger partial charge is 0.389 e. The fourth-order valence-corrected chi connectivity index (χ4v) is 1.28. The van der Waals surface area contributed by atoms with Crippen molar-refractivity contribution in [2.75, 3.05) is 0 Å². The van der Waals surface area contributed by atoms with Crippen LogP contribution < -0.4 is 0 Å². The second-order valence-electron chi connectivity index (χ2n) is 3.12. The molecule has 0 aliphatic heterocycles. The van der Waals surface area contributed by atoms with Crippen molar-refractivity contribution in [2.24, 2.45) is 0 Å². The highest BCUT2D eigenvalue weighted by Gasteiger charge is 1.98. The van der Waals surface area contributed by atoms with Gasteiger partial charge in [0.05, 0.1) is 6.10 Å². The lowest BCUT2D eigenvalue weighted by atomic mass is 10.1. The first kappa shape index (κ1) is 10.0. The average molecular weight is 176 g/mol. The third-order valence-electron chi connectivity index (χ3n) is 1.99. The second kappa shape index (κ2) is 5.55. The van der Waals surface area contributed by atoms with Crippen LogP contribution in [0.3, 0.4) is 0 Å². The molecule has 0 amide bonds. The van der Waals surface area contributed by atoms with Crippen LogP contribution in [0.1, 0.15) is 18.9 Å². The Morgan fingerprint density at radius 2 is 2.00 bits per heavy atom. The quantitative estimate of drug-likeness (QED) is 0.699. The third-order valence-corrected chi connectivity index (χ3v) is 1.99. The zero-order valence-electron chi connectivity index (χ0n) is 7.98. The van der Waals surface area contributed by atoms with E-state index in [4.69, 9.17) is 0 Å². The lowest BCUT2D eigenvalue weighted by Crippen LogP contribution is -2.03. The van der Waals surface area contributed by atoms with Crippen LogP contribution in [-0.4, -0.2) is 11.2 Å². The molecule has 0 heterocycles. The topological polar surface area (TPSA) is 20.2 Å². The van der Waals surface area contributed by atoms with Gasteiger partial charge in [0.25, 0.3) is 0 Å². The van der Waals surface area contributed by atoms with Crippen molar-refractivity contribution in [1.29, 1.82) is 0 Å². The third kappa shape index (κ3) is 3.90. The Morgan fingerprint density at radius 1 is 1.31 bits per heavy atom. The van der Waals surface area contributed by atoms with Gasteiger partial charge in [-0.25, -0.2) is 0 Å². The predicted octanol–water partition coefficient (Wildman–Crippen LogP) is 2.56. The zero-order valence-corrected chi connectivity index (χ0v) is 7.98. The number of allylic oxidation sites excluding steroid dienone is 1. The molecule has 1 aromatic carbocycles. The highest BCUT2D eigenvalue weighted by atomic mass is 16.3. The molecule has 0 aromatic heterocycles. The van der Waals surface area contributed by atoms with E-state index in [2.05, 4.69) is 12.1 Å². The Bertz CT molecular complexity index is 251. The van der Waals surface area contributed by atoms with E-state index in [-0.39, 0.29) is 6.10 Å². The average Bonchev–Trinajstić information content (AvgIpc) is 2.17. The lowest BCUT2D eigenvalue weighted by molar-refractivity contribution is 0.213. The van der Waals surface area contributed by atoms with Crippen LogP contribution in [0.5, 0.6) is 0 Å². The summed E-state index contributed by atoms with van der Waals surface area (Å²) in [6, 6.07) is 10.2. The summed E-state index contributed by atoms with van der Waals surface area (Å²) in [5.41, 5.74) is 1.28. The SMILES string of the molecule is C/C=C/C(O)CCc1ccccc1. The van der Waals surface area contributed by atoms with Crippen LogP contribution in [-0.2, 0) is 6.42 Å². The fourth-order valence-electron chi connectivity index (χ4n) is 1.28. The van der Waals surface area contributed by atoms with E-state index < -0.39 is 0 Å². The number of aryl methyl sites for hydroxylation is 1. The van der Waals surface area contributed by atoms with Gasteiger partial charge >= 0.3 is 0 Å². The summed E-state index contributed by atoms with van der Waals surface area (Å²) in [6.45, 7) is 1.92. The van der Waals surface area contributed by atoms with E-state index >= 15 is 0 Å². The number of hydrogen-bond acceptors (Lipinski definition) is 1. The number of hydrogen-bond donors (Lipinski definition) is 1. The summed E-state index contributed by atoms with van der Waals surface area (Å²) in [5, 5.41) is 9.42. The minimum Gasteiger partial charge on any atom is -0.389 e. The van der Waals surface area contributed by atoms with Crippen molar-refractivity contribution in [3.05, 3.63) is 48.0 Å². The molecule has 1 N–H and O–H groups in total. The summed E-state index contributed by atoms with van der Waals surface area (Å²) in [7, 11) is 0. The Hall–Kier alpha value is -1.08. The van der Waals surface area contributed by atoms with Crippen molar-refractivity contribution in [2.45, 2.75) is 25.9 Å². The Morgan fingerprint density at radius 3 is 2.62 bits per heavy atom. The van der Waals surface area contributed by atoms with E-state index in [1.54, 1.807) is 0 Å². The Balaban J connectivity index is 2.35. The molecule has 0 bridgehead atoms. The predicted molar refractivity (Wildman–Crippen MR) is 55.6 cm³/mol. The van der Waals surface area contributed by atoms with Crippen molar-refractivity contribution in [3.8, 4) is 0 Å². The normalized spacial score (nSPS) is 13.4. The monoisotopic (exact) mass is 176 g/mol. The van der Waals surface area contributed by atoms with Gasteiger partial charge in [0.2, 0.25) is 0 Å². The zero-order chi connectivity index (χ0) is 9.52. The number of aliphatic hydroxyl groups excluding tert-OH is 1. The summed E-state index contributed by atoms with van der Waals surface area (Å²) in [4.78, 5) is 0. The maximum Gasteiger partial charge on any atom is 0.0724 e. The van der Waals surface area contributed by atoms with Gasteiger partial charge in [0.1, 0.15) is 0 Å². The van der Waals surface area contributed by atoms with Gasteiger partial charge in [-0.15, -0.1) is 0 Å². The van der Waals surface area contributed by atoms with Gasteiger partial charge < -0.3 is 5.11 Å². The minimum atomic E-state index is -0.301. The van der Waals surface area contributed by atoms with Crippen LogP contribution >= 0.6 is 0 Å². The first-order valence-corrected chi connectivity index (χ1v) is 4.67. The molecule has 0 saturated heterocycles. The molecule has 1 heteroatoms. The van der Waals surface area contributed by atoms with Crippen molar-refractivity contribution >= 4 is 0 Å². The van der Waals surface area contributed by atoms with E-state index in [0.29, 0.717) is 0 Å². The maximum absolute atomic E-state index is 9.42. The Labute approximate surface area is 79.7 Å². The summed E-state index contributed by atoms with van der Waals surface area (Å²) in [5.74, 6) is 0. The molecule has 0 aliphatic carbocycles. The molecule has 1 unspecified atom stereocenters. The summed E-state index contributed by atoms with van der Waals surface area (Å²) in [6.07, 6.45) is 5.14. The van der Waals surface area contributed by atoms with Crippen LogP contribution in [0, 0.1) is 0 Å². The van der Waals surface area contributed by atoms with Gasteiger partial charge in [-0.2, -0.15) is 0 Å². The molecule has 1 rings (SSSR count). The molecule has 0 spiro atoms. The molecular formula is C12H16O. The van der Waals surface area contributed by atoms with Crippen LogP contribution in [0.25, 0.3) is 0 Å². The lowest BCUT2D eigenvalue weighted by Gasteiger charge is -2.04. The van der Waals surface area contributed by atoms with Gasteiger partial charge in [-0.1, -0.05) is 42.5 Å². The Kier molecular flexibility index (Phi) is 4.27. The number of rotatable bonds is 4. The van der Waals surface area contributed by atoms with Gasteiger partial charge in [-0.05, 0) is 25.3 Å². The maximum atomic E-state index is 9.42. The van der Waals surface area contributed by atoms with Crippen molar-refractivity contribution in [1.82, 2.24) is 0 Å². The second-order valence-corrected chi connectivity index (χ2v) is 3.12. The van der Waals surface area contributed by atoms with E-state index in [9.17, 15) is 5.11 Å². The highest BCUT2D eigenvalue weighted by Crippen LogP contribution is 2.05. The van der Waals surface area contributed by atoms with Crippen LogP contribution in [0.15, 0.2) is 42.5 Å². The first-order valence-electron chi connectivity index (χ1n) is 4.67.